The molecule has 1 aromatic carbocycles. The molecule has 15 heavy (non-hydrogen) atoms. The van der Waals surface area contributed by atoms with Gasteiger partial charge in [0.2, 0.25) is 0 Å². The van der Waals surface area contributed by atoms with Crippen molar-refractivity contribution in [3.05, 3.63) is 41.2 Å². The highest BCUT2D eigenvalue weighted by atomic mass is 35.5. The standard InChI is InChI=1S/C11H10ClFO2/c12-6-2-1-3-8-7-9(11(14)15)4-5-10(8)13/h1,3-5,7H,2,6H2,(H,14,15). The van der Waals surface area contributed by atoms with Gasteiger partial charge in [-0.2, -0.15) is 0 Å². The number of halogens is 2. The lowest BCUT2D eigenvalue weighted by Crippen LogP contribution is -1.97. The van der Waals surface area contributed by atoms with E-state index in [2.05, 4.69) is 0 Å². The summed E-state index contributed by atoms with van der Waals surface area (Å²) >= 11 is 5.45. The van der Waals surface area contributed by atoms with Crippen molar-refractivity contribution in [1.29, 1.82) is 0 Å². The summed E-state index contributed by atoms with van der Waals surface area (Å²) in [6.07, 6.45) is 3.86. The van der Waals surface area contributed by atoms with E-state index in [0.29, 0.717) is 12.3 Å². The first-order chi connectivity index (χ1) is 7.15. The monoisotopic (exact) mass is 228 g/mol. The second-order valence-corrected chi connectivity index (χ2v) is 3.30. The van der Waals surface area contributed by atoms with Crippen LogP contribution < -0.4 is 0 Å². The van der Waals surface area contributed by atoms with Crippen LogP contribution in [-0.2, 0) is 0 Å². The number of carboxylic acid groups (broad SMARTS) is 1. The third-order valence-corrected chi connectivity index (χ3v) is 2.03. The van der Waals surface area contributed by atoms with E-state index in [-0.39, 0.29) is 11.1 Å². The Morgan fingerprint density at radius 1 is 1.53 bits per heavy atom. The highest BCUT2D eigenvalue weighted by molar-refractivity contribution is 6.17. The van der Waals surface area contributed by atoms with Gasteiger partial charge in [0.25, 0.3) is 0 Å². The molecule has 0 aliphatic rings. The first-order valence-corrected chi connectivity index (χ1v) is 4.94. The van der Waals surface area contributed by atoms with E-state index in [4.69, 9.17) is 16.7 Å². The minimum atomic E-state index is -1.07. The molecule has 0 spiro atoms. The molecule has 80 valence electrons. The number of alkyl halides is 1. The molecule has 1 aromatic rings. The van der Waals surface area contributed by atoms with Crippen LogP contribution in [0.5, 0.6) is 0 Å². The van der Waals surface area contributed by atoms with Crippen LogP contribution in [0.25, 0.3) is 6.08 Å². The Morgan fingerprint density at radius 3 is 2.87 bits per heavy atom. The van der Waals surface area contributed by atoms with Gasteiger partial charge >= 0.3 is 5.97 Å². The van der Waals surface area contributed by atoms with Crippen molar-refractivity contribution in [3.8, 4) is 0 Å². The zero-order valence-corrected chi connectivity index (χ0v) is 8.67. The van der Waals surface area contributed by atoms with Crippen LogP contribution in [0, 0.1) is 5.82 Å². The lowest BCUT2D eigenvalue weighted by molar-refractivity contribution is 0.0697. The SMILES string of the molecule is O=C(O)c1ccc(F)c(C=CCCCl)c1. The van der Waals surface area contributed by atoms with E-state index >= 15 is 0 Å². The van der Waals surface area contributed by atoms with Gasteiger partial charge in [-0.05, 0) is 24.6 Å². The number of hydrogen-bond donors (Lipinski definition) is 1. The number of aromatic carboxylic acids is 1. The minimum absolute atomic E-state index is 0.0712. The molecule has 2 nitrogen and oxygen atoms in total. The number of rotatable bonds is 4. The Labute approximate surface area is 92.0 Å². The molecule has 0 aromatic heterocycles. The maximum Gasteiger partial charge on any atom is 0.335 e. The summed E-state index contributed by atoms with van der Waals surface area (Å²) < 4.78 is 13.2. The Hall–Kier alpha value is -1.35. The van der Waals surface area contributed by atoms with E-state index in [1.165, 1.54) is 18.2 Å². The first kappa shape index (κ1) is 11.7. The third-order valence-electron chi connectivity index (χ3n) is 1.82. The average molecular weight is 229 g/mol. The fourth-order valence-corrected chi connectivity index (χ4v) is 1.20. The quantitative estimate of drug-likeness (QED) is 0.804. The molecule has 0 bridgehead atoms. The second-order valence-electron chi connectivity index (χ2n) is 2.92. The van der Waals surface area contributed by atoms with Crippen molar-refractivity contribution in [2.24, 2.45) is 0 Å². The summed E-state index contributed by atoms with van der Waals surface area (Å²) in [5, 5.41) is 8.70. The van der Waals surface area contributed by atoms with E-state index in [9.17, 15) is 9.18 Å². The van der Waals surface area contributed by atoms with E-state index in [1.54, 1.807) is 6.08 Å². The van der Waals surface area contributed by atoms with Crippen LogP contribution in [0.3, 0.4) is 0 Å². The highest BCUT2D eigenvalue weighted by Crippen LogP contribution is 2.12. The molecule has 0 aliphatic carbocycles. The maximum atomic E-state index is 13.2. The molecule has 1 N–H and O–H groups in total. The maximum absolute atomic E-state index is 13.2. The molecule has 0 amide bonds. The van der Waals surface area contributed by atoms with Crippen LogP contribution in [0.15, 0.2) is 24.3 Å². The lowest BCUT2D eigenvalue weighted by atomic mass is 10.1. The van der Waals surface area contributed by atoms with Gasteiger partial charge in [-0.25, -0.2) is 9.18 Å². The number of carboxylic acids is 1. The fraction of sp³-hybridized carbons (Fsp3) is 0.182. The molecule has 0 atom stereocenters. The Morgan fingerprint density at radius 2 is 2.27 bits per heavy atom. The summed E-state index contributed by atoms with van der Waals surface area (Å²) in [5.41, 5.74) is 0.335. The van der Waals surface area contributed by atoms with Gasteiger partial charge < -0.3 is 5.11 Å². The van der Waals surface area contributed by atoms with Gasteiger partial charge in [0.05, 0.1) is 5.56 Å². The summed E-state index contributed by atoms with van der Waals surface area (Å²) in [6.45, 7) is 0. The summed E-state index contributed by atoms with van der Waals surface area (Å²) in [4.78, 5) is 10.6. The van der Waals surface area contributed by atoms with Crippen molar-refractivity contribution in [2.45, 2.75) is 6.42 Å². The number of carbonyl (C=O) groups is 1. The van der Waals surface area contributed by atoms with Gasteiger partial charge in [-0.1, -0.05) is 12.2 Å². The first-order valence-electron chi connectivity index (χ1n) is 4.40. The predicted octanol–water partition coefficient (Wildman–Crippen LogP) is 3.17. The molecular formula is C11H10ClFO2. The van der Waals surface area contributed by atoms with Crippen molar-refractivity contribution in [1.82, 2.24) is 0 Å². The van der Waals surface area contributed by atoms with Crippen molar-refractivity contribution < 1.29 is 14.3 Å². The zero-order valence-electron chi connectivity index (χ0n) is 7.91. The van der Waals surface area contributed by atoms with E-state index in [0.717, 1.165) is 6.07 Å². The van der Waals surface area contributed by atoms with Crippen molar-refractivity contribution in [2.75, 3.05) is 5.88 Å². The van der Waals surface area contributed by atoms with Gasteiger partial charge in [0.1, 0.15) is 5.82 Å². The molecule has 4 heteroatoms. The van der Waals surface area contributed by atoms with E-state index in [1.807, 2.05) is 0 Å². The molecule has 0 aliphatic heterocycles. The summed E-state index contributed by atoms with van der Waals surface area (Å²) in [5.74, 6) is -1.05. The van der Waals surface area contributed by atoms with Crippen LogP contribution in [0.4, 0.5) is 4.39 Å². The third kappa shape index (κ3) is 3.36. The predicted molar refractivity (Wildman–Crippen MR) is 57.7 cm³/mol. The largest absolute Gasteiger partial charge is 0.478 e. The van der Waals surface area contributed by atoms with Gasteiger partial charge in [0.15, 0.2) is 0 Å². The van der Waals surface area contributed by atoms with Gasteiger partial charge in [0, 0.05) is 11.4 Å². The number of benzene rings is 1. The minimum Gasteiger partial charge on any atom is -0.478 e. The van der Waals surface area contributed by atoms with Crippen molar-refractivity contribution >= 4 is 23.6 Å². The molecule has 0 radical (unpaired) electrons. The molecule has 0 saturated heterocycles. The molecular weight excluding hydrogens is 219 g/mol. The summed E-state index contributed by atoms with van der Waals surface area (Å²) in [6, 6.07) is 3.67. The molecule has 1 rings (SSSR count). The molecule has 0 unspecified atom stereocenters. The zero-order chi connectivity index (χ0) is 11.3. The normalized spacial score (nSPS) is 10.8. The molecule has 0 heterocycles. The van der Waals surface area contributed by atoms with Gasteiger partial charge in [-0.15, -0.1) is 11.6 Å². The van der Waals surface area contributed by atoms with Crippen molar-refractivity contribution in [3.63, 3.8) is 0 Å². The summed E-state index contributed by atoms with van der Waals surface area (Å²) in [7, 11) is 0. The molecule has 0 fully saturated rings. The second kappa shape index (κ2) is 5.51. The van der Waals surface area contributed by atoms with Crippen LogP contribution in [0.2, 0.25) is 0 Å². The van der Waals surface area contributed by atoms with Gasteiger partial charge in [-0.3, -0.25) is 0 Å². The number of hydrogen-bond acceptors (Lipinski definition) is 1. The average Bonchev–Trinajstić information content (AvgIpc) is 2.20. The Kier molecular flexibility index (Phi) is 4.31. The van der Waals surface area contributed by atoms with Crippen LogP contribution in [0.1, 0.15) is 22.3 Å². The Bertz CT molecular complexity index is 388. The highest BCUT2D eigenvalue weighted by Gasteiger charge is 2.05. The van der Waals surface area contributed by atoms with E-state index < -0.39 is 11.8 Å². The fourth-order valence-electron chi connectivity index (χ4n) is 1.08. The molecule has 0 saturated carbocycles. The lowest BCUT2D eigenvalue weighted by Gasteiger charge is -1.99. The van der Waals surface area contributed by atoms with Crippen LogP contribution in [-0.4, -0.2) is 17.0 Å². The smallest absolute Gasteiger partial charge is 0.335 e. The number of allylic oxidation sites excluding steroid dienone is 1. The topological polar surface area (TPSA) is 37.3 Å². The van der Waals surface area contributed by atoms with Crippen LogP contribution >= 0.6 is 11.6 Å². The Balaban J connectivity index is 2.95.